The molecular formula is C17H18Cl2N2O3S. The highest BCUT2D eigenvalue weighted by atomic mass is 35.5. The number of anilines is 2. The van der Waals surface area contributed by atoms with Gasteiger partial charge in [0.2, 0.25) is 15.9 Å². The lowest BCUT2D eigenvalue weighted by atomic mass is 10.2. The van der Waals surface area contributed by atoms with E-state index in [9.17, 15) is 13.2 Å². The monoisotopic (exact) mass is 400 g/mol. The minimum atomic E-state index is -3.70. The van der Waals surface area contributed by atoms with E-state index in [1.807, 2.05) is 6.92 Å². The van der Waals surface area contributed by atoms with E-state index in [4.69, 9.17) is 23.2 Å². The predicted octanol–water partition coefficient (Wildman–Crippen LogP) is 4.10. The number of hydrogen-bond donors (Lipinski definition) is 1. The van der Waals surface area contributed by atoms with Crippen molar-refractivity contribution in [2.45, 2.75) is 19.9 Å². The van der Waals surface area contributed by atoms with Crippen molar-refractivity contribution in [2.24, 2.45) is 0 Å². The first-order valence-corrected chi connectivity index (χ1v) is 10.0. The van der Waals surface area contributed by atoms with Crippen molar-refractivity contribution >= 4 is 50.5 Å². The molecule has 0 heterocycles. The number of halogens is 2. The lowest BCUT2D eigenvalue weighted by Crippen LogP contribution is -2.45. The van der Waals surface area contributed by atoms with Gasteiger partial charge in [0.05, 0.1) is 11.9 Å². The van der Waals surface area contributed by atoms with Gasteiger partial charge in [-0.25, -0.2) is 8.42 Å². The zero-order chi connectivity index (χ0) is 18.8. The maximum atomic E-state index is 12.6. The zero-order valence-electron chi connectivity index (χ0n) is 14.0. The summed E-state index contributed by atoms with van der Waals surface area (Å²) in [7, 11) is -3.70. The third-order valence-electron chi connectivity index (χ3n) is 3.61. The molecular weight excluding hydrogens is 383 g/mol. The zero-order valence-corrected chi connectivity index (χ0v) is 16.3. The standard InChI is InChI=1S/C17H18Cl2N2O3S/c1-11-7-8-14(19)10-16(11)20-17(22)12(2)21(25(3,23)24)15-6-4-5-13(18)9-15/h4-10,12H,1-3H3,(H,20,22)/t12-/m0/s1. The fourth-order valence-corrected chi connectivity index (χ4v) is 3.91. The molecule has 0 saturated heterocycles. The van der Waals surface area contributed by atoms with Gasteiger partial charge < -0.3 is 5.32 Å². The Morgan fingerprint density at radius 3 is 2.36 bits per heavy atom. The summed E-state index contributed by atoms with van der Waals surface area (Å²) in [5.74, 6) is -0.476. The molecule has 0 aliphatic rings. The van der Waals surface area contributed by atoms with Crippen molar-refractivity contribution in [3.8, 4) is 0 Å². The molecule has 2 aromatic rings. The van der Waals surface area contributed by atoms with Gasteiger partial charge in [-0.2, -0.15) is 0 Å². The van der Waals surface area contributed by atoms with E-state index in [0.717, 1.165) is 16.1 Å². The maximum absolute atomic E-state index is 12.6. The number of aryl methyl sites for hydroxylation is 1. The van der Waals surface area contributed by atoms with Crippen molar-refractivity contribution in [1.29, 1.82) is 0 Å². The summed E-state index contributed by atoms with van der Waals surface area (Å²) in [6.07, 6.45) is 1.04. The Morgan fingerprint density at radius 2 is 1.76 bits per heavy atom. The Labute approximate surface area is 157 Å². The van der Waals surface area contributed by atoms with E-state index >= 15 is 0 Å². The number of hydrogen-bond acceptors (Lipinski definition) is 3. The van der Waals surface area contributed by atoms with Crippen LogP contribution in [0.2, 0.25) is 10.0 Å². The maximum Gasteiger partial charge on any atom is 0.248 e. The van der Waals surface area contributed by atoms with Crippen molar-refractivity contribution < 1.29 is 13.2 Å². The number of rotatable bonds is 5. The topological polar surface area (TPSA) is 66.5 Å². The quantitative estimate of drug-likeness (QED) is 0.821. The fourth-order valence-electron chi connectivity index (χ4n) is 2.39. The van der Waals surface area contributed by atoms with Crippen LogP contribution in [0.4, 0.5) is 11.4 Å². The molecule has 0 aliphatic carbocycles. The number of nitrogens with zero attached hydrogens (tertiary/aromatic N) is 1. The molecule has 0 radical (unpaired) electrons. The molecule has 0 aromatic heterocycles. The van der Waals surface area contributed by atoms with Crippen LogP contribution in [0, 0.1) is 6.92 Å². The summed E-state index contributed by atoms with van der Waals surface area (Å²) in [6.45, 7) is 3.33. The number of sulfonamides is 1. The molecule has 0 saturated carbocycles. The van der Waals surface area contributed by atoms with E-state index in [-0.39, 0.29) is 0 Å². The van der Waals surface area contributed by atoms with Gasteiger partial charge in [-0.15, -0.1) is 0 Å². The van der Waals surface area contributed by atoms with Crippen molar-refractivity contribution in [1.82, 2.24) is 0 Å². The van der Waals surface area contributed by atoms with Gasteiger partial charge in [0.1, 0.15) is 6.04 Å². The van der Waals surface area contributed by atoms with Crippen LogP contribution in [0.15, 0.2) is 42.5 Å². The Morgan fingerprint density at radius 1 is 1.12 bits per heavy atom. The number of carbonyl (C=O) groups excluding carboxylic acids is 1. The summed E-state index contributed by atoms with van der Waals surface area (Å²) >= 11 is 11.9. The highest BCUT2D eigenvalue weighted by molar-refractivity contribution is 7.92. The van der Waals surface area contributed by atoms with E-state index in [2.05, 4.69) is 5.32 Å². The van der Waals surface area contributed by atoms with Crippen LogP contribution >= 0.6 is 23.2 Å². The third-order valence-corrected chi connectivity index (χ3v) is 5.32. The highest BCUT2D eigenvalue weighted by Gasteiger charge is 2.29. The van der Waals surface area contributed by atoms with Gasteiger partial charge in [0.25, 0.3) is 0 Å². The first-order chi connectivity index (χ1) is 11.6. The molecule has 1 amide bonds. The molecule has 5 nitrogen and oxygen atoms in total. The summed E-state index contributed by atoms with van der Waals surface area (Å²) in [5, 5.41) is 3.58. The van der Waals surface area contributed by atoms with Gasteiger partial charge in [-0.3, -0.25) is 9.10 Å². The molecule has 2 rings (SSSR count). The van der Waals surface area contributed by atoms with Gasteiger partial charge in [0.15, 0.2) is 0 Å². The second-order valence-corrected chi connectivity index (χ2v) is 8.40. The van der Waals surface area contributed by atoms with E-state index in [1.54, 1.807) is 36.4 Å². The second kappa shape index (κ2) is 7.64. The molecule has 1 atom stereocenters. The minimum Gasteiger partial charge on any atom is -0.324 e. The summed E-state index contributed by atoms with van der Waals surface area (Å²) in [6, 6.07) is 10.5. The Kier molecular flexibility index (Phi) is 5.98. The van der Waals surface area contributed by atoms with Crippen molar-refractivity contribution in [3.05, 3.63) is 58.1 Å². The average molecular weight is 401 g/mol. The van der Waals surface area contributed by atoms with Crippen LogP contribution in [-0.4, -0.2) is 26.6 Å². The molecule has 134 valence electrons. The summed E-state index contributed by atoms with van der Waals surface area (Å²) in [4.78, 5) is 12.6. The SMILES string of the molecule is Cc1ccc(Cl)cc1NC(=O)[C@H](C)N(c1cccc(Cl)c1)S(C)(=O)=O. The van der Waals surface area contributed by atoms with Gasteiger partial charge >= 0.3 is 0 Å². The first-order valence-electron chi connectivity index (χ1n) is 7.41. The van der Waals surface area contributed by atoms with E-state index < -0.39 is 22.0 Å². The summed E-state index contributed by atoms with van der Waals surface area (Å²) in [5.41, 5.74) is 1.67. The molecule has 0 unspecified atom stereocenters. The van der Waals surface area contributed by atoms with E-state index in [0.29, 0.717) is 21.4 Å². The molecule has 8 heteroatoms. The number of nitrogens with one attached hydrogen (secondary N) is 1. The average Bonchev–Trinajstić information content (AvgIpc) is 2.49. The summed E-state index contributed by atoms with van der Waals surface area (Å²) < 4.78 is 25.5. The van der Waals surface area contributed by atoms with Crippen LogP contribution in [0.1, 0.15) is 12.5 Å². The molecule has 2 aromatic carbocycles. The number of carbonyl (C=O) groups is 1. The highest BCUT2D eigenvalue weighted by Crippen LogP contribution is 2.25. The van der Waals surface area contributed by atoms with Crippen LogP contribution in [-0.2, 0) is 14.8 Å². The predicted molar refractivity (Wildman–Crippen MR) is 103 cm³/mol. The van der Waals surface area contributed by atoms with E-state index in [1.165, 1.54) is 13.0 Å². The second-order valence-electron chi connectivity index (χ2n) is 5.66. The van der Waals surface area contributed by atoms with Crippen LogP contribution in [0.25, 0.3) is 0 Å². The third kappa shape index (κ3) is 4.87. The molecule has 0 bridgehead atoms. The van der Waals surface area contributed by atoms with Crippen molar-refractivity contribution in [3.63, 3.8) is 0 Å². The molecule has 0 fully saturated rings. The Bertz CT molecular complexity index is 901. The molecule has 0 spiro atoms. The van der Waals surface area contributed by atoms with Gasteiger partial charge in [0, 0.05) is 15.7 Å². The van der Waals surface area contributed by atoms with Gasteiger partial charge in [-0.1, -0.05) is 35.3 Å². The lowest BCUT2D eigenvalue weighted by Gasteiger charge is -2.28. The van der Waals surface area contributed by atoms with Crippen LogP contribution in [0.3, 0.4) is 0 Å². The first kappa shape index (κ1) is 19.6. The number of amides is 1. The smallest absolute Gasteiger partial charge is 0.248 e. The van der Waals surface area contributed by atoms with Crippen molar-refractivity contribution in [2.75, 3.05) is 15.9 Å². The van der Waals surface area contributed by atoms with Crippen LogP contribution in [0.5, 0.6) is 0 Å². The van der Waals surface area contributed by atoms with Gasteiger partial charge in [-0.05, 0) is 49.7 Å². The Hall–Kier alpha value is -1.76. The Balaban J connectivity index is 2.35. The normalized spacial score (nSPS) is 12.5. The molecule has 25 heavy (non-hydrogen) atoms. The largest absolute Gasteiger partial charge is 0.324 e. The lowest BCUT2D eigenvalue weighted by molar-refractivity contribution is -0.116. The molecule has 0 aliphatic heterocycles. The number of benzene rings is 2. The molecule has 1 N–H and O–H groups in total. The fraction of sp³-hybridized carbons (Fsp3) is 0.235. The minimum absolute atomic E-state index is 0.320. The van der Waals surface area contributed by atoms with Crippen LogP contribution < -0.4 is 9.62 Å².